The van der Waals surface area contributed by atoms with Gasteiger partial charge in [-0.25, -0.2) is 13.8 Å². The fourth-order valence-electron chi connectivity index (χ4n) is 1.26. The van der Waals surface area contributed by atoms with Crippen molar-refractivity contribution in [3.63, 3.8) is 0 Å². The Hall–Kier alpha value is -1.44. The summed E-state index contributed by atoms with van der Waals surface area (Å²) in [5, 5.41) is 0. The van der Waals surface area contributed by atoms with E-state index in [9.17, 15) is 22.0 Å². The van der Waals surface area contributed by atoms with Gasteiger partial charge in [0.15, 0.2) is 5.69 Å². The van der Waals surface area contributed by atoms with Gasteiger partial charge in [-0.2, -0.15) is 13.2 Å². The van der Waals surface area contributed by atoms with E-state index in [1.54, 1.807) is 0 Å². The lowest BCUT2D eigenvalue weighted by Gasteiger charge is -2.15. The molecule has 2 N–H and O–H groups in total. The van der Waals surface area contributed by atoms with E-state index in [-0.39, 0.29) is 12.1 Å². The molecule has 0 radical (unpaired) electrons. The molecule has 0 aromatic carbocycles. The molecule has 0 aliphatic rings. The van der Waals surface area contributed by atoms with Crippen LogP contribution in [0.15, 0.2) is 6.07 Å². The van der Waals surface area contributed by atoms with Crippen LogP contribution in [-0.2, 0) is 12.7 Å². The molecule has 0 aliphatic carbocycles. The lowest BCUT2D eigenvalue weighted by Crippen LogP contribution is -2.15. The van der Waals surface area contributed by atoms with E-state index in [0.29, 0.717) is 0 Å². The first-order valence-electron chi connectivity index (χ1n) is 4.44. The van der Waals surface area contributed by atoms with Crippen LogP contribution in [0.1, 0.15) is 23.4 Å². The number of methoxy groups -OCH3 is 1. The summed E-state index contributed by atoms with van der Waals surface area (Å²) in [6.07, 6.45) is -7.98. The van der Waals surface area contributed by atoms with Crippen molar-refractivity contribution in [1.29, 1.82) is 0 Å². The number of pyridine rings is 1. The monoisotopic (exact) mass is 256 g/mol. The van der Waals surface area contributed by atoms with E-state index >= 15 is 0 Å². The van der Waals surface area contributed by atoms with Crippen LogP contribution in [0, 0.1) is 0 Å². The van der Waals surface area contributed by atoms with Gasteiger partial charge in [0.25, 0.3) is 6.43 Å². The van der Waals surface area contributed by atoms with Crippen molar-refractivity contribution < 1.29 is 26.7 Å². The number of rotatable bonds is 3. The predicted octanol–water partition coefficient (Wildman–Crippen LogP) is 2.51. The van der Waals surface area contributed by atoms with Crippen LogP contribution in [0.4, 0.5) is 22.0 Å². The van der Waals surface area contributed by atoms with Gasteiger partial charge in [-0.15, -0.1) is 0 Å². The largest absolute Gasteiger partial charge is 0.494 e. The highest BCUT2D eigenvalue weighted by atomic mass is 19.4. The Morgan fingerprint density at radius 2 is 2.00 bits per heavy atom. The SMILES string of the molecule is COc1cc(CN)c(C(F)F)nc1C(F)(F)F. The minimum atomic E-state index is -4.86. The highest BCUT2D eigenvalue weighted by Gasteiger charge is 2.38. The normalized spacial score (nSPS) is 12.0. The van der Waals surface area contributed by atoms with Gasteiger partial charge in [0.1, 0.15) is 11.4 Å². The first-order chi connectivity index (χ1) is 7.81. The maximum atomic E-state index is 12.5. The molecule has 0 unspecified atom stereocenters. The number of alkyl halides is 5. The fourth-order valence-corrected chi connectivity index (χ4v) is 1.26. The molecule has 8 heteroatoms. The van der Waals surface area contributed by atoms with Gasteiger partial charge in [0.05, 0.1) is 7.11 Å². The molecule has 0 fully saturated rings. The minimum absolute atomic E-state index is 0.176. The smallest absolute Gasteiger partial charge is 0.437 e. The zero-order chi connectivity index (χ0) is 13.2. The predicted molar refractivity (Wildman–Crippen MR) is 48.6 cm³/mol. The molecule has 0 aliphatic heterocycles. The molecule has 0 spiro atoms. The molecular formula is C9H9F5N2O. The molecule has 0 saturated carbocycles. The molecule has 0 bridgehead atoms. The van der Waals surface area contributed by atoms with Gasteiger partial charge < -0.3 is 10.5 Å². The highest BCUT2D eigenvalue weighted by Crippen LogP contribution is 2.37. The third-order valence-electron chi connectivity index (χ3n) is 2.02. The van der Waals surface area contributed by atoms with Gasteiger partial charge in [0.2, 0.25) is 0 Å². The number of halogens is 5. The highest BCUT2D eigenvalue weighted by molar-refractivity contribution is 5.37. The van der Waals surface area contributed by atoms with Crippen LogP contribution in [0.3, 0.4) is 0 Å². The fraction of sp³-hybridized carbons (Fsp3) is 0.444. The lowest BCUT2D eigenvalue weighted by atomic mass is 10.1. The van der Waals surface area contributed by atoms with Gasteiger partial charge >= 0.3 is 6.18 Å². The summed E-state index contributed by atoms with van der Waals surface area (Å²) in [5.41, 5.74) is 2.53. The number of ether oxygens (including phenoxy) is 1. The summed E-state index contributed by atoms with van der Waals surface area (Å²) >= 11 is 0. The Kier molecular flexibility index (Phi) is 3.87. The number of hydrogen-bond acceptors (Lipinski definition) is 3. The third kappa shape index (κ3) is 2.82. The van der Waals surface area contributed by atoms with Crippen LogP contribution < -0.4 is 10.5 Å². The standard InChI is InChI=1S/C9H9F5N2O/c1-17-5-2-4(3-15)6(8(10)11)16-7(5)9(12,13)14/h2,8H,3,15H2,1H3. The van der Waals surface area contributed by atoms with E-state index in [0.717, 1.165) is 13.2 Å². The zero-order valence-electron chi connectivity index (χ0n) is 8.68. The average Bonchev–Trinajstić information content (AvgIpc) is 2.25. The Balaban J connectivity index is 3.45. The quantitative estimate of drug-likeness (QED) is 0.845. The van der Waals surface area contributed by atoms with Crippen LogP contribution in [0.5, 0.6) is 5.75 Å². The van der Waals surface area contributed by atoms with Crippen molar-refractivity contribution in [1.82, 2.24) is 4.98 Å². The summed E-state index contributed by atoms with van der Waals surface area (Å²) in [5.74, 6) is -0.623. The van der Waals surface area contributed by atoms with Gasteiger partial charge in [0, 0.05) is 6.54 Å². The van der Waals surface area contributed by atoms with E-state index in [1.165, 1.54) is 0 Å². The minimum Gasteiger partial charge on any atom is -0.494 e. The second-order valence-electron chi connectivity index (χ2n) is 3.09. The first-order valence-corrected chi connectivity index (χ1v) is 4.44. The number of nitrogens with two attached hydrogens (primary N) is 1. The Morgan fingerprint density at radius 1 is 1.41 bits per heavy atom. The lowest BCUT2D eigenvalue weighted by molar-refractivity contribution is -0.142. The van der Waals surface area contributed by atoms with E-state index in [2.05, 4.69) is 9.72 Å². The van der Waals surface area contributed by atoms with Crippen LogP contribution in [0.2, 0.25) is 0 Å². The topological polar surface area (TPSA) is 48.1 Å². The molecule has 3 nitrogen and oxygen atoms in total. The van der Waals surface area contributed by atoms with E-state index in [4.69, 9.17) is 5.73 Å². The first kappa shape index (κ1) is 13.6. The Bertz CT molecular complexity index is 405. The Morgan fingerprint density at radius 3 is 2.35 bits per heavy atom. The zero-order valence-corrected chi connectivity index (χ0v) is 8.68. The van der Waals surface area contributed by atoms with Crippen molar-refractivity contribution >= 4 is 0 Å². The maximum absolute atomic E-state index is 12.5. The summed E-state index contributed by atoms with van der Waals surface area (Å²) in [6, 6.07) is 0.831. The summed E-state index contributed by atoms with van der Waals surface area (Å²) in [4.78, 5) is 2.91. The van der Waals surface area contributed by atoms with Crippen LogP contribution in [-0.4, -0.2) is 12.1 Å². The summed E-state index contributed by atoms with van der Waals surface area (Å²) in [6.45, 7) is -0.346. The van der Waals surface area contributed by atoms with Crippen molar-refractivity contribution in [2.24, 2.45) is 5.73 Å². The number of hydrogen-bond donors (Lipinski definition) is 1. The molecule has 0 amide bonds. The summed E-state index contributed by atoms with van der Waals surface area (Å²) in [7, 11) is 0.995. The molecule has 1 heterocycles. The van der Waals surface area contributed by atoms with Crippen LogP contribution in [0.25, 0.3) is 0 Å². The molecule has 1 rings (SSSR count). The van der Waals surface area contributed by atoms with E-state index < -0.39 is 29.7 Å². The van der Waals surface area contributed by atoms with Gasteiger partial charge in [-0.1, -0.05) is 0 Å². The van der Waals surface area contributed by atoms with Crippen molar-refractivity contribution in [3.05, 3.63) is 23.0 Å². The number of aromatic nitrogens is 1. The van der Waals surface area contributed by atoms with Crippen molar-refractivity contribution in [3.8, 4) is 5.75 Å². The molecular weight excluding hydrogens is 247 g/mol. The average molecular weight is 256 g/mol. The maximum Gasteiger partial charge on any atom is 0.437 e. The van der Waals surface area contributed by atoms with Gasteiger partial charge in [-0.3, -0.25) is 0 Å². The molecule has 0 atom stereocenters. The van der Waals surface area contributed by atoms with E-state index in [1.807, 2.05) is 0 Å². The molecule has 1 aromatic heterocycles. The van der Waals surface area contributed by atoms with Crippen molar-refractivity contribution in [2.75, 3.05) is 7.11 Å². The second kappa shape index (κ2) is 4.82. The molecule has 96 valence electrons. The van der Waals surface area contributed by atoms with Gasteiger partial charge in [-0.05, 0) is 11.6 Å². The number of nitrogens with zero attached hydrogens (tertiary/aromatic N) is 1. The van der Waals surface area contributed by atoms with Crippen LogP contribution >= 0.6 is 0 Å². The molecule has 1 aromatic rings. The summed E-state index contributed by atoms with van der Waals surface area (Å²) < 4.78 is 66.9. The molecule has 0 saturated heterocycles. The third-order valence-corrected chi connectivity index (χ3v) is 2.02. The molecule has 17 heavy (non-hydrogen) atoms. The Labute approximate surface area is 93.4 Å². The second-order valence-corrected chi connectivity index (χ2v) is 3.09. The van der Waals surface area contributed by atoms with Crippen molar-refractivity contribution in [2.45, 2.75) is 19.1 Å².